The molecular weight excluding hydrogens is 318 g/mol. The van der Waals surface area contributed by atoms with Gasteiger partial charge < -0.3 is 18.5 Å². The Morgan fingerprint density at radius 2 is 1.48 bits per heavy atom. The number of unbranched alkanes of at least 4 members (excludes halogenated alkanes) is 2. The summed E-state index contributed by atoms with van der Waals surface area (Å²) in [6, 6.07) is 0. The number of nitrogens with zero attached hydrogens (tertiary/aromatic N) is 1. The minimum absolute atomic E-state index is 0.259. The van der Waals surface area contributed by atoms with Crippen LogP contribution in [-0.4, -0.2) is 76.3 Å². The quantitative estimate of drug-likeness (QED) is 0.241. The van der Waals surface area contributed by atoms with Gasteiger partial charge in [0.2, 0.25) is 0 Å². The molecule has 0 saturated carbocycles. The van der Waals surface area contributed by atoms with Crippen molar-refractivity contribution in [1.82, 2.24) is 0 Å². The molecule has 0 radical (unpaired) electrons. The molecule has 0 aromatic carbocycles. The Labute approximate surface area is 142 Å². The van der Waals surface area contributed by atoms with Crippen LogP contribution < -0.4 is 0 Å². The number of rotatable bonds is 16. The lowest BCUT2D eigenvalue weighted by atomic mass is 10.2. The second kappa shape index (κ2) is 13.1. The van der Waals surface area contributed by atoms with Crippen molar-refractivity contribution in [1.29, 1.82) is 0 Å². The largest absolute Gasteiger partial charge is 0.748 e. The molecule has 0 spiro atoms. The van der Waals surface area contributed by atoms with Gasteiger partial charge in [0.1, 0.15) is 6.54 Å². The number of quaternary nitrogens is 1. The molecule has 0 bridgehead atoms. The first-order valence-corrected chi connectivity index (χ1v) is 10.3. The van der Waals surface area contributed by atoms with Gasteiger partial charge in [0, 0.05) is 12.4 Å². The standard InChI is InChI=1S/C16H35NO5S/c1-4-6-12-21-14-15-22-13-11-17(3,9-5-2)10-7-8-16-23(18,19)20/h4-16H2,1-3H3. The minimum Gasteiger partial charge on any atom is -0.748 e. The summed E-state index contributed by atoms with van der Waals surface area (Å²) in [5.74, 6) is -0.259. The highest BCUT2D eigenvalue weighted by atomic mass is 32.2. The van der Waals surface area contributed by atoms with Crippen LogP contribution >= 0.6 is 0 Å². The fourth-order valence-corrected chi connectivity index (χ4v) is 3.06. The van der Waals surface area contributed by atoms with E-state index in [9.17, 15) is 13.0 Å². The Kier molecular flexibility index (Phi) is 13.0. The van der Waals surface area contributed by atoms with Gasteiger partial charge in [-0.25, -0.2) is 8.42 Å². The maximum atomic E-state index is 10.6. The van der Waals surface area contributed by atoms with Gasteiger partial charge in [-0.1, -0.05) is 20.3 Å². The maximum absolute atomic E-state index is 10.6. The molecule has 7 heteroatoms. The summed E-state index contributed by atoms with van der Waals surface area (Å²) in [5, 5.41) is 0. The lowest BCUT2D eigenvalue weighted by Crippen LogP contribution is -2.47. The zero-order valence-corrected chi connectivity index (χ0v) is 15.9. The third kappa shape index (κ3) is 15.1. The van der Waals surface area contributed by atoms with Crippen molar-refractivity contribution in [2.75, 3.05) is 58.9 Å². The molecule has 1 atom stereocenters. The molecule has 0 heterocycles. The lowest BCUT2D eigenvalue weighted by molar-refractivity contribution is -0.910. The first-order valence-electron chi connectivity index (χ1n) is 8.75. The number of hydrogen-bond donors (Lipinski definition) is 0. The van der Waals surface area contributed by atoms with Crippen LogP contribution in [0.4, 0.5) is 0 Å². The highest BCUT2D eigenvalue weighted by molar-refractivity contribution is 7.85. The minimum atomic E-state index is -4.08. The first-order chi connectivity index (χ1) is 10.8. The Balaban J connectivity index is 3.85. The zero-order chi connectivity index (χ0) is 17.6. The summed E-state index contributed by atoms with van der Waals surface area (Å²) in [5.41, 5.74) is 0. The monoisotopic (exact) mass is 353 g/mol. The van der Waals surface area contributed by atoms with Gasteiger partial charge >= 0.3 is 0 Å². The highest BCUT2D eigenvalue weighted by Gasteiger charge is 2.19. The van der Waals surface area contributed by atoms with E-state index in [1.807, 2.05) is 0 Å². The lowest BCUT2D eigenvalue weighted by Gasteiger charge is -2.34. The number of likely N-dealkylation sites (N-methyl/N-ethyl adjacent to an activating group) is 1. The predicted octanol–water partition coefficient (Wildman–Crippen LogP) is 2.00. The van der Waals surface area contributed by atoms with Crippen LogP contribution in [-0.2, 0) is 19.6 Å². The van der Waals surface area contributed by atoms with Crippen molar-refractivity contribution in [3.8, 4) is 0 Å². The van der Waals surface area contributed by atoms with E-state index < -0.39 is 10.1 Å². The van der Waals surface area contributed by atoms with Crippen LogP contribution in [0.5, 0.6) is 0 Å². The van der Waals surface area contributed by atoms with Crippen LogP contribution in [0.3, 0.4) is 0 Å². The topological polar surface area (TPSA) is 75.7 Å². The zero-order valence-electron chi connectivity index (χ0n) is 15.1. The van der Waals surface area contributed by atoms with Gasteiger partial charge in [-0.05, 0) is 25.7 Å². The van der Waals surface area contributed by atoms with Gasteiger partial charge in [0.05, 0.1) is 50.1 Å². The molecule has 0 aliphatic carbocycles. The van der Waals surface area contributed by atoms with E-state index in [0.717, 1.165) is 56.4 Å². The van der Waals surface area contributed by atoms with Gasteiger partial charge in [-0.3, -0.25) is 0 Å². The van der Waals surface area contributed by atoms with E-state index in [4.69, 9.17) is 9.47 Å². The molecule has 0 aliphatic rings. The van der Waals surface area contributed by atoms with Crippen molar-refractivity contribution in [3.05, 3.63) is 0 Å². The summed E-state index contributed by atoms with van der Waals surface area (Å²) >= 11 is 0. The molecule has 23 heavy (non-hydrogen) atoms. The second-order valence-electron chi connectivity index (χ2n) is 6.34. The number of hydrogen-bond acceptors (Lipinski definition) is 5. The van der Waals surface area contributed by atoms with Gasteiger partial charge in [0.25, 0.3) is 0 Å². The number of ether oxygens (including phenoxy) is 2. The summed E-state index contributed by atoms with van der Waals surface area (Å²) < 4.78 is 43.8. The van der Waals surface area contributed by atoms with Crippen molar-refractivity contribution in [2.45, 2.75) is 46.0 Å². The fraction of sp³-hybridized carbons (Fsp3) is 1.00. The average Bonchev–Trinajstić information content (AvgIpc) is 2.46. The van der Waals surface area contributed by atoms with Crippen LogP contribution in [0.15, 0.2) is 0 Å². The summed E-state index contributed by atoms with van der Waals surface area (Å²) in [7, 11) is -1.92. The highest BCUT2D eigenvalue weighted by Crippen LogP contribution is 2.08. The Hall–Kier alpha value is -0.210. The van der Waals surface area contributed by atoms with E-state index in [-0.39, 0.29) is 5.75 Å². The third-order valence-electron chi connectivity index (χ3n) is 3.90. The van der Waals surface area contributed by atoms with E-state index >= 15 is 0 Å². The van der Waals surface area contributed by atoms with E-state index in [0.29, 0.717) is 26.2 Å². The predicted molar refractivity (Wildman–Crippen MR) is 91.4 cm³/mol. The van der Waals surface area contributed by atoms with Crippen molar-refractivity contribution < 1.29 is 26.9 Å². The molecule has 0 fully saturated rings. The summed E-state index contributed by atoms with van der Waals surface area (Å²) in [6.07, 6.45) is 4.48. The van der Waals surface area contributed by atoms with Gasteiger partial charge in [-0.2, -0.15) is 0 Å². The molecule has 0 aromatic heterocycles. The van der Waals surface area contributed by atoms with Crippen LogP contribution in [0.2, 0.25) is 0 Å². The average molecular weight is 354 g/mol. The second-order valence-corrected chi connectivity index (χ2v) is 7.86. The molecule has 6 nitrogen and oxygen atoms in total. The molecule has 1 unspecified atom stereocenters. The fourth-order valence-electron chi connectivity index (χ4n) is 2.50. The Morgan fingerprint density at radius 1 is 0.826 bits per heavy atom. The molecule has 0 rings (SSSR count). The summed E-state index contributed by atoms with van der Waals surface area (Å²) in [4.78, 5) is 0. The Bertz CT molecular complexity index is 375. The van der Waals surface area contributed by atoms with Crippen LogP contribution in [0.1, 0.15) is 46.0 Å². The van der Waals surface area contributed by atoms with Crippen molar-refractivity contribution in [2.24, 2.45) is 0 Å². The molecule has 0 saturated heterocycles. The smallest absolute Gasteiger partial charge is 0.102 e. The van der Waals surface area contributed by atoms with Crippen molar-refractivity contribution in [3.63, 3.8) is 0 Å². The van der Waals surface area contributed by atoms with Crippen molar-refractivity contribution >= 4 is 10.1 Å². The molecule has 0 aliphatic heterocycles. The maximum Gasteiger partial charge on any atom is 0.102 e. The summed E-state index contributed by atoms with van der Waals surface area (Å²) in [6.45, 7) is 9.80. The molecule has 0 N–H and O–H groups in total. The van der Waals surface area contributed by atoms with Gasteiger partial charge in [0.15, 0.2) is 0 Å². The van der Waals surface area contributed by atoms with E-state index in [1.165, 1.54) is 0 Å². The molecule has 0 aromatic rings. The molecule has 140 valence electrons. The van der Waals surface area contributed by atoms with Crippen LogP contribution in [0.25, 0.3) is 0 Å². The van der Waals surface area contributed by atoms with E-state index in [1.54, 1.807) is 0 Å². The molecule has 0 amide bonds. The van der Waals surface area contributed by atoms with Gasteiger partial charge in [-0.15, -0.1) is 0 Å². The first kappa shape index (κ1) is 22.8. The third-order valence-corrected chi connectivity index (χ3v) is 4.68. The van der Waals surface area contributed by atoms with Crippen LogP contribution in [0, 0.1) is 0 Å². The van der Waals surface area contributed by atoms with E-state index in [2.05, 4.69) is 20.9 Å². The SMILES string of the molecule is CCCCOCCOCC[N+](C)(CCC)CCCCS(=O)(=O)[O-]. The normalized spacial score (nSPS) is 14.8. The Morgan fingerprint density at radius 3 is 2.04 bits per heavy atom. The molecular formula is C16H35NO5S.